The number of carbonyl (C=O) groups excluding carboxylic acids is 1. The van der Waals surface area contributed by atoms with E-state index in [0.717, 1.165) is 12.2 Å². The van der Waals surface area contributed by atoms with Crippen molar-refractivity contribution >= 4 is 18.0 Å². The van der Waals surface area contributed by atoms with E-state index in [1.54, 1.807) is 0 Å². The van der Waals surface area contributed by atoms with E-state index < -0.39 is 0 Å². The summed E-state index contributed by atoms with van der Waals surface area (Å²) < 4.78 is 0.561. The minimum atomic E-state index is 0.426. The van der Waals surface area contributed by atoms with Crippen LogP contribution in [0.2, 0.25) is 0 Å². The van der Waals surface area contributed by atoms with Crippen molar-refractivity contribution in [2.75, 3.05) is 6.26 Å². The Bertz CT molecular complexity index is 163. The van der Waals surface area contributed by atoms with Crippen LogP contribution in [0.1, 0.15) is 19.3 Å². The summed E-state index contributed by atoms with van der Waals surface area (Å²) in [6.07, 6.45) is 7.19. The van der Waals surface area contributed by atoms with E-state index in [4.69, 9.17) is 0 Å². The molecule has 1 nitrogen and oxygen atoms in total. The SMILES string of the molecule is CSC1([C@H]2C[C@H]2C=O)CC1. The number of aldehydes is 1. The number of carbonyl (C=O) groups is 1. The fourth-order valence-electron chi connectivity index (χ4n) is 1.82. The van der Waals surface area contributed by atoms with Gasteiger partial charge in [-0.05, 0) is 31.4 Å². The van der Waals surface area contributed by atoms with E-state index in [2.05, 4.69) is 6.26 Å². The second-order valence-corrected chi connectivity index (χ2v) is 4.63. The Labute approximate surface area is 65.6 Å². The highest BCUT2D eigenvalue weighted by molar-refractivity contribution is 8.00. The standard InChI is InChI=1S/C8H12OS/c1-10-8(2-3-8)7-4-6(7)5-9/h5-7H,2-4H2,1H3/t6-,7-/m0/s1. The van der Waals surface area contributed by atoms with E-state index in [1.165, 1.54) is 19.3 Å². The third-order valence-corrected chi connectivity index (χ3v) is 4.36. The van der Waals surface area contributed by atoms with Crippen LogP contribution in [0.5, 0.6) is 0 Å². The number of hydrogen-bond donors (Lipinski definition) is 0. The summed E-state index contributed by atoms with van der Waals surface area (Å²) in [5.41, 5.74) is 0. The lowest BCUT2D eigenvalue weighted by atomic mass is 10.2. The first-order valence-corrected chi connectivity index (χ1v) is 5.05. The second-order valence-electron chi connectivity index (χ2n) is 3.41. The molecule has 2 aliphatic carbocycles. The van der Waals surface area contributed by atoms with Crippen molar-refractivity contribution in [1.82, 2.24) is 0 Å². The number of rotatable bonds is 3. The molecule has 10 heavy (non-hydrogen) atoms. The van der Waals surface area contributed by atoms with Gasteiger partial charge in [-0.3, -0.25) is 0 Å². The first-order valence-electron chi connectivity index (χ1n) is 3.83. The van der Waals surface area contributed by atoms with E-state index in [9.17, 15) is 4.79 Å². The highest BCUT2D eigenvalue weighted by atomic mass is 32.2. The largest absolute Gasteiger partial charge is 0.303 e. The average molecular weight is 156 g/mol. The summed E-state index contributed by atoms with van der Waals surface area (Å²) in [7, 11) is 0. The molecule has 2 heteroatoms. The summed E-state index contributed by atoms with van der Waals surface area (Å²) in [4.78, 5) is 10.4. The second kappa shape index (κ2) is 2.00. The lowest BCUT2D eigenvalue weighted by Gasteiger charge is -2.08. The van der Waals surface area contributed by atoms with Crippen molar-refractivity contribution in [3.8, 4) is 0 Å². The van der Waals surface area contributed by atoms with Gasteiger partial charge < -0.3 is 4.79 Å². The van der Waals surface area contributed by atoms with Gasteiger partial charge in [-0.2, -0.15) is 11.8 Å². The first kappa shape index (κ1) is 6.71. The molecule has 0 N–H and O–H groups in total. The first-order chi connectivity index (χ1) is 4.82. The lowest BCUT2D eigenvalue weighted by Crippen LogP contribution is -2.06. The van der Waals surface area contributed by atoms with Gasteiger partial charge in [-0.15, -0.1) is 0 Å². The highest BCUT2D eigenvalue weighted by Crippen LogP contribution is 2.63. The molecular weight excluding hydrogens is 144 g/mol. The molecule has 0 radical (unpaired) electrons. The zero-order valence-corrected chi connectivity index (χ0v) is 6.99. The third kappa shape index (κ3) is 0.815. The molecule has 0 bridgehead atoms. The molecule has 0 spiro atoms. The molecule has 0 unspecified atom stereocenters. The zero-order valence-electron chi connectivity index (χ0n) is 6.17. The van der Waals surface area contributed by atoms with Gasteiger partial charge >= 0.3 is 0 Å². The van der Waals surface area contributed by atoms with Gasteiger partial charge in [0.25, 0.3) is 0 Å². The van der Waals surface area contributed by atoms with E-state index in [0.29, 0.717) is 10.7 Å². The van der Waals surface area contributed by atoms with Gasteiger partial charge in [0, 0.05) is 10.7 Å². The summed E-state index contributed by atoms with van der Waals surface area (Å²) in [5.74, 6) is 1.18. The molecule has 2 atom stereocenters. The molecule has 0 amide bonds. The van der Waals surface area contributed by atoms with Crippen LogP contribution in [-0.4, -0.2) is 17.3 Å². The monoisotopic (exact) mass is 156 g/mol. The van der Waals surface area contributed by atoms with Crippen LogP contribution >= 0.6 is 11.8 Å². The van der Waals surface area contributed by atoms with Gasteiger partial charge in [0.15, 0.2) is 0 Å². The summed E-state index contributed by atoms with van der Waals surface area (Å²) in [6.45, 7) is 0. The number of thioether (sulfide) groups is 1. The highest BCUT2D eigenvalue weighted by Gasteiger charge is 2.58. The average Bonchev–Trinajstić information content (AvgIpc) is 2.84. The molecule has 2 aliphatic rings. The zero-order chi connectivity index (χ0) is 7.19. The molecule has 56 valence electrons. The molecule has 0 saturated heterocycles. The smallest absolute Gasteiger partial charge is 0.123 e. The lowest BCUT2D eigenvalue weighted by molar-refractivity contribution is -0.109. The van der Waals surface area contributed by atoms with Gasteiger partial charge in [0.1, 0.15) is 6.29 Å². The van der Waals surface area contributed by atoms with Gasteiger partial charge in [0.05, 0.1) is 0 Å². The predicted molar refractivity (Wildman–Crippen MR) is 43.1 cm³/mol. The molecule has 2 fully saturated rings. The predicted octanol–water partition coefficient (Wildman–Crippen LogP) is 1.72. The van der Waals surface area contributed by atoms with Crippen molar-refractivity contribution in [3.05, 3.63) is 0 Å². The summed E-state index contributed by atoms with van der Waals surface area (Å²) in [5, 5.41) is 0. The minimum Gasteiger partial charge on any atom is -0.303 e. The number of hydrogen-bond acceptors (Lipinski definition) is 2. The van der Waals surface area contributed by atoms with Crippen LogP contribution in [0, 0.1) is 11.8 Å². The van der Waals surface area contributed by atoms with Crippen LogP contribution in [0.3, 0.4) is 0 Å². The Morgan fingerprint density at radius 1 is 1.60 bits per heavy atom. The van der Waals surface area contributed by atoms with Crippen LogP contribution in [0.15, 0.2) is 0 Å². The van der Waals surface area contributed by atoms with Crippen LogP contribution < -0.4 is 0 Å². The van der Waals surface area contributed by atoms with E-state index >= 15 is 0 Å². The van der Waals surface area contributed by atoms with Crippen molar-refractivity contribution in [1.29, 1.82) is 0 Å². The summed E-state index contributed by atoms with van der Waals surface area (Å²) >= 11 is 1.97. The fourth-order valence-corrected chi connectivity index (χ4v) is 2.90. The van der Waals surface area contributed by atoms with Gasteiger partial charge in [0.2, 0.25) is 0 Å². The van der Waals surface area contributed by atoms with Crippen LogP contribution in [0.25, 0.3) is 0 Å². The Kier molecular flexibility index (Phi) is 1.34. The molecule has 0 aromatic carbocycles. The molecule has 2 rings (SSSR count). The Morgan fingerprint density at radius 3 is 2.60 bits per heavy atom. The maximum absolute atomic E-state index is 10.4. The van der Waals surface area contributed by atoms with Crippen molar-refractivity contribution in [3.63, 3.8) is 0 Å². The van der Waals surface area contributed by atoms with Gasteiger partial charge in [-0.25, -0.2) is 0 Å². The van der Waals surface area contributed by atoms with E-state index in [1.807, 2.05) is 11.8 Å². The molecule has 0 aromatic heterocycles. The minimum absolute atomic E-state index is 0.426. The quantitative estimate of drug-likeness (QED) is 0.579. The maximum atomic E-state index is 10.4. The Morgan fingerprint density at radius 2 is 2.30 bits per heavy atom. The van der Waals surface area contributed by atoms with Crippen molar-refractivity contribution in [2.45, 2.75) is 24.0 Å². The normalized spacial score (nSPS) is 40.9. The van der Waals surface area contributed by atoms with Crippen LogP contribution in [0.4, 0.5) is 0 Å². The van der Waals surface area contributed by atoms with Crippen molar-refractivity contribution in [2.24, 2.45) is 11.8 Å². The third-order valence-electron chi connectivity index (χ3n) is 2.84. The van der Waals surface area contributed by atoms with E-state index in [-0.39, 0.29) is 0 Å². The Hall–Kier alpha value is 0.0200. The molecule has 0 heterocycles. The van der Waals surface area contributed by atoms with Crippen LogP contribution in [-0.2, 0) is 4.79 Å². The maximum Gasteiger partial charge on any atom is 0.123 e. The Balaban J connectivity index is 1.96. The summed E-state index contributed by atoms with van der Waals surface area (Å²) in [6, 6.07) is 0. The molecule has 0 aliphatic heterocycles. The molecule has 0 aromatic rings. The molecular formula is C8H12OS. The molecule has 2 saturated carbocycles. The topological polar surface area (TPSA) is 17.1 Å². The van der Waals surface area contributed by atoms with Gasteiger partial charge in [-0.1, -0.05) is 0 Å². The van der Waals surface area contributed by atoms with Crippen molar-refractivity contribution < 1.29 is 4.79 Å². The fraction of sp³-hybridized carbons (Fsp3) is 0.875.